The van der Waals surface area contributed by atoms with E-state index in [2.05, 4.69) is 15.3 Å². The Bertz CT molecular complexity index is 1240. The number of hydrogen-bond donors (Lipinski definition) is 2. The Morgan fingerprint density at radius 3 is 2.38 bits per heavy atom. The first-order valence-electron chi connectivity index (χ1n) is 10.0. The Morgan fingerprint density at radius 2 is 1.66 bits per heavy atom. The van der Waals surface area contributed by atoms with E-state index in [0.29, 0.717) is 17.2 Å². The Balaban J connectivity index is 1.62. The van der Waals surface area contributed by atoms with E-state index in [4.69, 9.17) is 0 Å². The molecule has 1 heterocycles. The molecule has 6 heteroatoms. The maximum Gasteiger partial charge on any atom is 0.230 e. The number of carbonyl (C=O) groups excluding carboxylic acids is 1. The minimum Gasteiger partial charge on any atom is -0.508 e. The van der Waals surface area contributed by atoms with E-state index >= 15 is 0 Å². The summed E-state index contributed by atoms with van der Waals surface area (Å²) in [5.41, 5.74) is 3.50. The molecule has 32 heavy (non-hydrogen) atoms. The summed E-state index contributed by atoms with van der Waals surface area (Å²) in [6, 6.07) is 22.1. The van der Waals surface area contributed by atoms with E-state index in [9.17, 15) is 14.3 Å². The van der Waals surface area contributed by atoms with E-state index in [0.717, 1.165) is 16.7 Å². The lowest BCUT2D eigenvalue weighted by Crippen LogP contribution is -2.16. The molecule has 0 spiro atoms. The SMILES string of the molecule is O=C(Cc1ccc(O)cc1)Nc1ncc(-c2ccc(F)cc2)nc1C=Cc1ccccc1. The summed E-state index contributed by atoms with van der Waals surface area (Å²) in [4.78, 5) is 21.6. The Kier molecular flexibility index (Phi) is 6.32. The van der Waals surface area contributed by atoms with Crippen LogP contribution in [0.25, 0.3) is 23.4 Å². The van der Waals surface area contributed by atoms with Crippen molar-refractivity contribution in [2.75, 3.05) is 5.32 Å². The predicted octanol–water partition coefficient (Wildman–Crippen LogP) is 5.34. The second kappa shape index (κ2) is 9.66. The molecule has 0 aliphatic rings. The van der Waals surface area contributed by atoms with Crippen LogP contribution in [-0.4, -0.2) is 21.0 Å². The number of aromatic nitrogens is 2. The van der Waals surface area contributed by atoms with Gasteiger partial charge in [0.25, 0.3) is 0 Å². The fourth-order valence-electron chi connectivity index (χ4n) is 3.09. The van der Waals surface area contributed by atoms with E-state index in [1.165, 1.54) is 24.3 Å². The lowest BCUT2D eigenvalue weighted by Gasteiger charge is -2.10. The summed E-state index contributed by atoms with van der Waals surface area (Å²) in [6.07, 6.45) is 5.34. The summed E-state index contributed by atoms with van der Waals surface area (Å²) in [5.74, 6) is -0.116. The molecule has 0 aliphatic heterocycles. The zero-order chi connectivity index (χ0) is 22.3. The van der Waals surface area contributed by atoms with Crippen molar-refractivity contribution in [1.29, 1.82) is 0 Å². The smallest absolute Gasteiger partial charge is 0.230 e. The summed E-state index contributed by atoms with van der Waals surface area (Å²) in [7, 11) is 0. The average Bonchev–Trinajstić information content (AvgIpc) is 2.81. The van der Waals surface area contributed by atoms with Gasteiger partial charge in [0.15, 0.2) is 5.82 Å². The molecule has 0 atom stereocenters. The fraction of sp³-hybridized carbons (Fsp3) is 0.0385. The zero-order valence-corrected chi connectivity index (χ0v) is 17.1. The number of nitrogens with zero attached hydrogens (tertiary/aromatic N) is 2. The molecule has 0 aliphatic carbocycles. The molecule has 1 amide bonds. The van der Waals surface area contributed by atoms with E-state index in [1.807, 2.05) is 36.4 Å². The Hall–Kier alpha value is -4.32. The van der Waals surface area contributed by atoms with Crippen LogP contribution in [0.3, 0.4) is 0 Å². The molecular weight excluding hydrogens is 405 g/mol. The number of nitrogens with one attached hydrogen (secondary N) is 1. The molecule has 0 fully saturated rings. The number of anilines is 1. The van der Waals surface area contributed by atoms with Crippen LogP contribution in [0.1, 0.15) is 16.8 Å². The third-order valence-electron chi connectivity index (χ3n) is 4.73. The van der Waals surface area contributed by atoms with Crippen molar-refractivity contribution < 1.29 is 14.3 Å². The van der Waals surface area contributed by atoms with Gasteiger partial charge in [0.05, 0.1) is 18.3 Å². The monoisotopic (exact) mass is 425 g/mol. The number of hydrogen-bond acceptors (Lipinski definition) is 4. The van der Waals surface area contributed by atoms with Crippen molar-refractivity contribution >= 4 is 23.9 Å². The number of halogens is 1. The third kappa shape index (κ3) is 5.43. The number of carbonyl (C=O) groups is 1. The topological polar surface area (TPSA) is 75.1 Å². The number of benzene rings is 3. The molecular formula is C26H20FN3O2. The zero-order valence-electron chi connectivity index (χ0n) is 17.1. The molecule has 1 aromatic heterocycles. The van der Waals surface area contributed by atoms with E-state index in [-0.39, 0.29) is 23.9 Å². The van der Waals surface area contributed by atoms with Crippen molar-refractivity contribution in [3.05, 3.63) is 108 Å². The second-order valence-electron chi connectivity index (χ2n) is 7.13. The van der Waals surface area contributed by atoms with Crippen LogP contribution in [0.2, 0.25) is 0 Å². The molecule has 0 unspecified atom stereocenters. The first-order valence-corrected chi connectivity index (χ1v) is 10.0. The molecule has 3 aromatic carbocycles. The lowest BCUT2D eigenvalue weighted by molar-refractivity contribution is -0.115. The Morgan fingerprint density at radius 1 is 0.938 bits per heavy atom. The minimum atomic E-state index is -0.330. The summed E-state index contributed by atoms with van der Waals surface area (Å²) >= 11 is 0. The molecule has 158 valence electrons. The lowest BCUT2D eigenvalue weighted by atomic mass is 10.1. The van der Waals surface area contributed by atoms with Crippen molar-refractivity contribution in [2.45, 2.75) is 6.42 Å². The van der Waals surface area contributed by atoms with Gasteiger partial charge in [-0.15, -0.1) is 0 Å². The highest BCUT2D eigenvalue weighted by molar-refractivity contribution is 5.93. The number of phenolic OH excluding ortho intramolecular Hbond substituents is 1. The van der Waals surface area contributed by atoms with Gasteiger partial charge in [-0.25, -0.2) is 14.4 Å². The van der Waals surface area contributed by atoms with Crippen molar-refractivity contribution in [1.82, 2.24) is 9.97 Å². The molecule has 0 bridgehead atoms. The quantitative estimate of drug-likeness (QED) is 0.437. The normalized spacial score (nSPS) is 10.9. The number of phenols is 1. The van der Waals surface area contributed by atoms with Gasteiger partial charge in [-0.1, -0.05) is 48.5 Å². The van der Waals surface area contributed by atoms with Crippen molar-refractivity contribution in [3.63, 3.8) is 0 Å². The van der Waals surface area contributed by atoms with Crippen LogP contribution in [0, 0.1) is 5.82 Å². The highest BCUT2D eigenvalue weighted by atomic mass is 19.1. The van der Waals surface area contributed by atoms with Crippen LogP contribution in [-0.2, 0) is 11.2 Å². The molecule has 4 rings (SSSR count). The van der Waals surface area contributed by atoms with Crippen molar-refractivity contribution in [3.8, 4) is 17.0 Å². The van der Waals surface area contributed by atoms with Gasteiger partial charge in [-0.3, -0.25) is 4.79 Å². The molecule has 5 nitrogen and oxygen atoms in total. The van der Waals surface area contributed by atoms with Gasteiger partial charge in [0, 0.05) is 5.56 Å². The highest BCUT2D eigenvalue weighted by Gasteiger charge is 2.11. The Labute approximate surface area is 184 Å². The van der Waals surface area contributed by atoms with Gasteiger partial charge >= 0.3 is 0 Å². The average molecular weight is 425 g/mol. The fourth-order valence-corrected chi connectivity index (χ4v) is 3.09. The second-order valence-corrected chi connectivity index (χ2v) is 7.13. The van der Waals surface area contributed by atoms with Crippen molar-refractivity contribution in [2.24, 2.45) is 0 Å². The number of aromatic hydroxyl groups is 1. The van der Waals surface area contributed by atoms with Gasteiger partial charge in [-0.05, 0) is 53.6 Å². The van der Waals surface area contributed by atoms with Crippen LogP contribution in [0.4, 0.5) is 10.2 Å². The highest BCUT2D eigenvalue weighted by Crippen LogP contribution is 2.22. The van der Waals surface area contributed by atoms with Gasteiger partial charge < -0.3 is 10.4 Å². The van der Waals surface area contributed by atoms with Crippen LogP contribution in [0.15, 0.2) is 85.1 Å². The summed E-state index contributed by atoms with van der Waals surface area (Å²) in [5, 5.41) is 12.2. The van der Waals surface area contributed by atoms with Crippen LogP contribution >= 0.6 is 0 Å². The summed E-state index contributed by atoms with van der Waals surface area (Å²) in [6.45, 7) is 0. The van der Waals surface area contributed by atoms with Gasteiger partial charge in [-0.2, -0.15) is 0 Å². The number of amides is 1. The molecule has 0 saturated heterocycles. The number of rotatable bonds is 6. The molecule has 4 aromatic rings. The largest absolute Gasteiger partial charge is 0.508 e. The minimum absolute atomic E-state index is 0.128. The molecule has 0 saturated carbocycles. The first-order chi connectivity index (χ1) is 15.6. The predicted molar refractivity (Wildman–Crippen MR) is 123 cm³/mol. The molecule has 0 radical (unpaired) electrons. The summed E-state index contributed by atoms with van der Waals surface area (Å²) < 4.78 is 13.3. The maximum absolute atomic E-state index is 13.3. The third-order valence-corrected chi connectivity index (χ3v) is 4.73. The first kappa shape index (κ1) is 20.9. The standard InChI is InChI=1S/C26H20FN3O2/c27-21-11-9-20(10-12-21)24-17-28-26(23(29-24)15-8-18-4-2-1-3-5-18)30-25(32)16-19-6-13-22(31)14-7-19/h1-15,17,31H,16H2,(H,28,30,32). The van der Waals surface area contributed by atoms with Crippen LogP contribution in [0.5, 0.6) is 5.75 Å². The van der Waals surface area contributed by atoms with Gasteiger partial charge in [0.1, 0.15) is 17.3 Å². The van der Waals surface area contributed by atoms with E-state index < -0.39 is 0 Å². The van der Waals surface area contributed by atoms with Gasteiger partial charge in [0.2, 0.25) is 5.91 Å². The molecule has 2 N–H and O–H groups in total. The van der Waals surface area contributed by atoms with E-state index in [1.54, 1.807) is 36.5 Å². The maximum atomic E-state index is 13.3. The van der Waals surface area contributed by atoms with Crippen LogP contribution < -0.4 is 5.32 Å².